The molecule has 0 saturated carbocycles. The van der Waals surface area contributed by atoms with Crippen LogP contribution in [0.1, 0.15) is 12.0 Å². The third-order valence-electron chi connectivity index (χ3n) is 5.11. The van der Waals surface area contributed by atoms with Crippen LogP contribution in [-0.2, 0) is 23.2 Å². The molecule has 0 aromatic heterocycles. The number of nitrogens with zero attached hydrogens (tertiary/aromatic N) is 1. The van der Waals surface area contributed by atoms with E-state index in [1.807, 2.05) is 0 Å². The van der Waals surface area contributed by atoms with Gasteiger partial charge in [0, 0.05) is 0 Å². The van der Waals surface area contributed by atoms with E-state index in [-0.39, 0.29) is 24.8 Å². The fraction of sp³-hybridized carbons (Fsp3) is 0.143. The van der Waals surface area contributed by atoms with E-state index in [4.69, 9.17) is 0 Å². The molecular weight excluding hydrogens is 508 g/mol. The zero-order chi connectivity index (χ0) is 16.3. The Morgan fingerprint density at radius 1 is 1.15 bits per heavy atom. The first kappa shape index (κ1) is 20.1. The summed E-state index contributed by atoms with van der Waals surface area (Å²) in [6.07, 6.45) is 10.4. The van der Waals surface area contributed by atoms with Gasteiger partial charge in [-0.25, -0.2) is 0 Å². The van der Waals surface area contributed by atoms with Gasteiger partial charge >= 0.3 is 163 Å². The van der Waals surface area contributed by atoms with Gasteiger partial charge < -0.3 is 24.8 Å². The van der Waals surface area contributed by atoms with Gasteiger partial charge in [0.1, 0.15) is 0 Å². The minimum absolute atomic E-state index is 0. The zero-order valence-corrected chi connectivity index (χ0v) is 19.7. The Bertz CT molecular complexity index is 1060. The standard InChI is InChI=1S/C16H11BrN.C5H5.2ClH.Zr/c1-18-14-5-3-2-4-13(14)16-12-7-6-11(17)8-10(12)9-15(16)18;1-2-4-5-3-1;;;/h2-3,5-9,15H,1H3;1-3H,4H2;2*1H;/q;;;;+2/p-2. The molecule has 1 nitrogen and oxygen atoms in total. The zero-order valence-electron chi connectivity index (χ0n) is 14.1. The van der Waals surface area contributed by atoms with E-state index in [0.717, 1.165) is 4.47 Å². The number of fused-ring (bicyclic) bond motifs is 4. The number of hydrogen-bond acceptors (Lipinski definition) is 1. The molecule has 2 aliphatic carbocycles. The number of anilines is 1. The van der Waals surface area contributed by atoms with Crippen molar-refractivity contribution in [1.82, 2.24) is 0 Å². The molecule has 3 aliphatic rings. The van der Waals surface area contributed by atoms with Crippen LogP contribution in [0, 0.1) is 0 Å². The first-order chi connectivity index (χ1) is 11.7. The van der Waals surface area contributed by atoms with E-state index in [2.05, 4.69) is 88.6 Å². The van der Waals surface area contributed by atoms with E-state index in [9.17, 15) is 0 Å². The summed E-state index contributed by atoms with van der Waals surface area (Å²) in [6, 6.07) is 14.0. The smallest absolute Gasteiger partial charge is 1.00 e. The molecule has 5 heteroatoms. The molecule has 1 unspecified atom stereocenters. The molecule has 5 rings (SSSR count). The Kier molecular flexibility index (Phi) is 6.04. The first-order valence-electron chi connectivity index (χ1n) is 8.23. The van der Waals surface area contributed by atoms with Crippen molar-refractivity contribution in [2.75, 3.05) is 11.9 Å². The molecule has 1 atom stereocenters. The van der Waals surface area contributed by atoms with Crippen LogP contribution in [0.2, 0.25) is 0 Å². The van der Waals surface area contributed by atoms with Crippen LogP contribution in [0.25, 0.3) is 11.6 Å². The summed E-state index contributed by atoms with van der Waals surface area (Å²) in [5.41, 5.74) is 4.46. The number of likely N-dealkylation sites (N-methyl/N-ethyl adjacent to an activating group) is 1. The molecule has 0 saturated heterocycles. The minimum Gasteiger partial charge on any atom is -1.00 e. The molecule has 0 fully saturated rings. The quantitative estimate of drug-likeness (QED) is 0.401. The van der Waals surface area contributed by atoms with Crippen LogP contribution < -0.4 is 43.4 Å². The molecule has 0 spiro atoms. The predicted molar refractivity (Wildman–Crippen MR) is 100 cm³/mol. The first-order valence-corrected chi connectivity index (χ1v) is 11.5. The van der Waals surface area contributed by atoms with Crippen LogP contribution in [0.5, 0.6) is 0 Å². The molecule has 0 amide bonds. The average molecular weight is 524 g/mol. The van der Waals surface area contributed by atoms with Gasteiger partial charge in [0.15, 0.2) is 0 Å². The molecule has 0 radical (unpaired) electrons. The molecule has 2 aromatic rings. The maximum Gasteiger partial charge on any atom is -1.00 e. The summed E-state index contributed by atoms with van der Waals surface area (Å²) < 4.78 is 4.46. The van der Waals surface area contributed by atoms with Gasteiger partial charge in [-0.3, -0.25) is 0 Å². The second kappa shape index (κ2) is 7.80. The number of hydrogen-bond donors (Lipinski definition) is 0. The second-order valence-corrected chi connectivity index (χ2v) is 10.9. The van der Waals surface area contributed by atoms with E-state index in [1.54, 1.807) is 6.55 Å². The predicted octanol–water partition coefficient (Wildman–Crippen LogP) is -3.18. The molecule has 1 aliphatic heterocycles. The third-order valence-corrected chi connectivity index (χ3v) is 8.99. The number of rotatable bonds is 2. The topological polar surface area (TPSA) is 3.24 Å². The van der Waals surface area contributed by atoms with Crippen molar-refractivity contribution in [3.8, 4) is 0 Å². The van der Waals surface area contributed by atoms with Crippen molar-refractivity contribution < 1.29 is 48.0 Å². The van der Waals surface area contributed by atoms with Gasteiger partial charge in [0.05, 0.1) is 0 Å². The normalized spacial score (nSPS) is 18.1. The molecule has 0 N–H and O–H groups in total. The molecule has 1 heterocycles. The van der Waals surface area contributed by atoms with Crippen molar-refractivity contribution >= 4 is 36.5 Å². The van der Waals surface area contributed by atoms with Crippen molar-refractivity contribution in [3.63, 3.8) is 0 Å². The van der Waals surface area contributed by atoms with E-state index >= 15 is 0 Å². The maximum absolute atomic E-state index is 3.62. The van der Waals surface area contributed by atoms with Crippen molar-refractivity contribution in [3.05, 3.63) is 78.4 Å². The Labute approximate surface area is 186 Å². The summed E-state index contributed by atoms with van der Waals surface area (Å²) in [6.45, 7) is 0. The largest absolute Gasteiger partial charge is 1.00 e. The van der Waals surface area contributed by atoms with Crippen LogP contribution in [0.15, 0.2) is 62.4 Å². The number of allylic oxidation sites excluding steroid dienone is 4. The SMILES string of the molecule is CN1c2ccc[c]([Zr+2][C]3=CC=CC3)c2C2=c3ccc(Br)cc3=CC21.[Cl-].[Cl-]. The monoisotopic (exact) mass is 521 g/mol. The summed E-state index contributed by atoms with van der Waals surface area (Å²) in [7, 11) is 2.24. The van der Waals surface area contributed by atoms with E-state index in [0.29, 0.717) is 6.04 Å². The van der Waals surface area contributed by atoms with Gasteiger partial charge in [-0.05, 0) is 0 Å². The van der Waals surface area contributed by atoms with Gasteiger partial charge in [-0.15, -0.1) is 0 Å². The Hall–Kier alpha value is -0.597. The fourth-order valence-corrected chi connectivity index (χ4v) is 7.61. The summed E-state index contributed by atoms with van der Waals surface area (Å²) in [5, 5.41) is 2.78. The van der Waals surface area contributed by atoms with Gasteiger partial charge in [-0.1, -0.05) is 0 Å². The van der Waals surface area contributed by atoms with Crippen LogP contribution in [0.3, 0.4) is 0 Å². The van der Waals surface area contributed by atoms with E-state index < -0.39 is 23.2 Å². The molecule has 130 valence electrons. The second-order valence-electron chi connectivity index (χ2n) is 6.52. The molecule has 0 bridgehead atoms. The Balaban J connectivity index is 0.000000980. The average Bonchev–Trinajstić information content (AvgIpc) is 3.26. The van der Waals surface area contributed by atoms with Crippen molar-refractivity contribution in [1.29, 1.82) is 0 Å². The summed E-state index contributed by atoms with van der Waals surface area (Å²) in [5.74, 6) is 0. The summed E-state index contributed by atoms with van der Waals surface area (Å²) in [4.78, 5) is 2.45. The summed E-state index contributed by atoms with van der Waals surface area (Å²) >= 11 is 2.90. The fourth-order valence-electron chi connectivity index (χ4n) is 4.00. The Morgan fingerprint density at radius 3 is 2.77 bits per heavy atom. The third kappa shape index (κ3) is 3.12. The molecule has 26 heavy (non-hydrogen) atoms. The Morgan fingerprint density at radius 2 is 2.00 bits per heavy atom. The van der Waals surface area contributed by atoms with Crippen LogP contribution >= 0.6 is 15.9 Å². The van der Waals surface area contributed by atoms with Gasteiger partial charge in [0.2, 0.25) is 0 Å². The van der Waals surface area contributed by atoms with Crippen LogP contribution in [0.4, 0.5) is 5.69 Å². The van der Waals surface area contributed by atoms with Crippen molar-refractivity contribution in [2.45, 2.75) is 12.5 Å². The number of benzene rings is 2. The van der Waals surface area contributed by atoms with Gasteiger partial charge in [0.25, 0.3) is 0 Å². The van der Waals surface area contributed by atoms with E-state index in [1.165, 1.54) is 33.7 Å². The van der Waals surface area contributed by atoms with Crippen LogP contribution in [-0.4, -0.2) is 13.1 Å². The van der Waals surface area contributed by atoms with Crippen molar-refractivity contribution in [2.24, 2.45) is 0 Å². The molecule has 2 aromatic carbocycles. The van der Waals surface area contributed by atoms with Gasteiger partial charge in [-0.2, -0.15) is 0 Å². The number of halogens is 3. The maximum atomic E-state index is 3.62. The minimum atomic E-state index is -0.718. The molecular formula is C21H16BrCl2NZr.